The van der Waals surface area contributed by atoms with Crippen molar-refractivity contribution in [3.63, 3.8) is 0 Å². The Hall–Kier alpha value is -0.680. The van der Waals surface area contributed by atoms with E-state index in [1.165, 1.54) is 0 Å². The van der Waals surface area contributed by atoms with Crippen LogP contribution in [0.3, 0.4) is 0 Å². The lowest BCUT2D eigenvalue weighted by molar-refractivity contribution is -0.174. The molecule has 0 aromatic heterocycles. The molecule has 134 valence electrons. The van der Waals surface area contributed by atoms with E-state index in [4.69, 9.17) is 0 Å². The summed E-state index contributed by atoms with van der Waals surface area (Å²) in [7, 11) is 0. The van der Waals surface area contributed by atoms with E-state index in [2.05, 4.69) is 13.2 Å². The van der Waals surface area contributed by atoms with Crippen LogP contribution in [0, 0.1) is 28.6 Å². The number of rotatable bonds is 0. The number of hydrogen-bond acceptors (Lipinski definition) is 4. The molecular weight excluding hydrogens is 304 g/mol. The Morgan fingerprint density at radius 3 is 2.33 bits per heavy atom. The first-order valence-electron chi connectivity index (χ1n) is 9.20. The first-order valence-corrected chi connectivity index (χ1v) is 9.20. The van der Waals surface area contributed by atoms with Gasteiger partial charge in [0.15, 0.2) is 0 Å². The van der Waals surface area contributed by atoms with Crippen molar-refractivity contribution in [1.82, 2.24) is 0 Å². The third-order valence-electron chi connectivity index (χ3n) is 8.34. The first-order chi connectivity index (χ1) is 11.1. The molecule has 8 atom stereocenters. The Labute approximate surface area is 143 Å². The Morgan fingerprint density at radius 1 is 1.00 bits per heavy atom. The molecule has 0 aliphatic heterocycles. The molecule has 0 radical (unpaired) electrons. The molecule has 0 aromatic rings. The van der Waals surface area contributed by atoms with Crippen LogP contribution in [0.4, 0.5) is 0 Å². The van der Waals surface area contributed by atoms with Gasteiger partial charge in [-0.25, -0.2) is 0 Å². The van der Waals surface area contributed by atoms with Crippen LogP contribution >= 0.6 is 0 Å². The molecule has 4 rings (SSSR count). The van der Waals surface area contributed by atoms with E-state index in [1.807, 2.05) is 13.8 Å². The third kappa shape index (κ3) is 1.64. The first kappa shape index (κ1) is 16.8. The van der Waals surface area contributed by atoms with E-state index in [0.717, 1.165) is 24.0 Å². The van der Waals surface area contributed by atoms with E-state index in [9.17, 15) is 20.4 Å². The largest absolute Gasteiger partial charge is 0.392 e. The van der Waals surface area contributed by atoms with Crippen molar-refractivity contribution in [2.24, 2.45) is 28.6 Å². The topological polar surface area (TPSA) is 80.9 Å². The summed E-state index contributed by atoms with van der Waals surface area (Å²) in [4.78, 5) is 0. The summed E-state index contributed by atoms with van der Waals surface area (Å²) < 4.78 is 0. The lowest BCUT2D eigenvalue weighted by atomic mass is 9.61. The van der Waals surface area contributed by atoms with Gasteiger partial charge in [0.25, 0.3) is 0 Å². The molecule has 0 unspecified atom stereocenters. The average Bonchev–Trinajstić information content (AvgIpc) is 2.73. The van der Waals surface area contributed by atoms with Crippen LogP contribution in [-0.4, -0.2) is 44.3 Å². The third-order valence-corrected chi connectivity index (χ3v) is 8.34. The maximum absolute atomic E-state index is 11.6. The van der Waals surface area contributed by atoms with Gasteiger partial charge in [0.2, 0.25) is 0 Å². The van der Waals surface area contributed by atoms with Gasteiger partial charge in [0, 0.05) is 22.7 Å². The predicted octanol–water partition coefficient (Wildman–Crippen LogP) is 1.78. The Morgan fingerprint density at radius 2 is 1.67 bits per heavy atom. The summed E-state index contributed by atoms with van der Waals surface area (Å²) in [5.41, 5.74) is -0.703. The molecule has 4 heteroatoms. The fourth-order valence-electron chi connectivity index (χ4n) is 6.76. The van der Waals surface area contributed by atoms with Gasteiger partial charge in [-0.3, -0.25) is 0 Å². The number of hydrogen-bond donors (Lipinski definition) is 4. The second-order valence-corrected chi connectivity index (χ2v) is 9.40. The number of aliphatic hydroxyl groups excluding tert-OH is 3. The molecule has 4 saturated carbocycles. The Kier molecular flexibility index (Phi) is 3.30. The summed E-state index contributed by atoms with van der Waals surface area (Å²) in [6, 6.07) is 0. The van der Waals surface area contributed by atoms with Crippen LogP contribution in [0.1, 0.15) is 46.0 Å². The van der Waals surface area contributed by atoms with Crippen molar-refractivity contribution >= 4 is 0 Å². The van der Waals surface area contributed by atoms with Crippen LogP contribution in [0.15, 0.2) is 24.3 Å². The highest BCUT2D eigenvalue weighted by Gasteiger charge is 2.70. The average molecular weight is 334 g/mol. The molecule has 0 aromatic carbocycles. The molecule has 4 nitrogen and oxygen atoms in total. The van der Waals surface area contributed by atoms with Crippen molar-refractivity contribution in [3.8, 4) is 0 Å². The van der Waals surface area contributed by atoms with E-state index < -0.39 is 34.7 Å². The van der Waals surface area contributed by atoms with Gasteiger partial charge < -0.3 is 20.4 Å². The summed E-state index contributed by atoms with van der Waals surface area (Å²) in [5, 5.41) is 44.2. The summed E-state index contributed by atoms with van der Waals surface area (Å²) in [6.45, 7) is 12.2. The quantitative estimate of drug-likeness (QED) is 0.509. The minimum Gasteiger partial charge on any atom is -0.392 e. The molecule has 0 saturated heterocycles. The van der Waals surface area contributed by atoms with Gasteiger partial charge >= 0.3 is 0 Å². The van der Waals surface area contributed by atoms with Crippen LogP contribution in [0.5, 0.6) is 0 Å². The van der Waals surface area contributed by atoms with E-state index in [0.29, 0.717) is 19.3 Å². The summed E-state index contributed by atoms with van der Waals surface area (Å²) >= 11 is 0. The molecule has 0 amide bonds. The van der Waals surface area contributed by atoms with Crippen molar-refractivity contribution in [2.45, 2.75) is 69.9 Å². The minimum absolute atomic E-state index is 0.0674. The molecule has 4 N–H and O–H groups in total. The highest BCUT2D eigenvalue weighted by Crippen LogP contribution is 2.67. The second-order valence-electron chi connectivity index (χ2n) is 9.40. The zero-order chi connectivity index (χ0) is 17.7. The van der Waals surface area contributed by atoms with Gasteiger partial charge in [-0.15, -0.1) is 0 Å². The van der Waals surface area contributed by atoms with E-state index >= 15 is 0 Å². The van der Waals surface area contributed by atoms with Gasteiger partial charge in [0.05, 0.1) is 18.3 Å². The van der Waals surface area contributed by atoms with Gasteiger partial charge in [-0.2, -0.15) is 0 Å². The summed E-state index contributed by atoms with van der Waals surface area (Å²) in [6.07, 6.45) is 1.08. The normalized spacial score (nSPS) is 55.9. The molecule has 0 heterocycles. The maximum Gasteiger partial charge on any atom is 0.105 e. The van der Waals surface area contributed by atoms with Crippen molar-refractivity contribution in [3.05, 3.63) is 24.3 Å². The van der Waals surface area contributed by atoms with Gasteiger partial charge in [-0.1, -0.05) is 38.2 Å². The SMILES string of the molecule is C=C1C[C@@]23C[C@H](O)[C@@]4(O)[C@@H](C[C@H](O)C4(C)C)C(=C)[C@@H]2CC[C@@H]1[C@H]3O. The van der Waals surface area contributed by atoms with E-state index in [-0.39, 0.29) is 17.8 Å². The summed E-state index contributed by atoms with van der Waals surface area (Å²) in [5.74, 6) is -0.162. The lowest BCUT2D eigenvalue weighted by Crippen LogP contribution is -2.57. The monoisotopic (exact) mass is 334 g/mol. The van der Waals surface area contributed by atoms with Gasteiger partial charge in [-0.05, 0) is 38.0 Å². The molecule has 4 aliphatic rings. The zero-order valence-corrected chi connectivity index (χ0v) is 14.7. The molecule has 2 bridgehead atoms. The smallest absolute Gasteiger partial charge is 0.105 e. The molecule has 4 aliphatic carbocycles. The van der Waals surface area contributed by atoms with Crippen molar-refractivity contribution < 1.29 is 20.4 Å². The molecule has 24 heavy (non-hydrogen) atoms. The second kappa shape index (κ2) is 4.73. The van der Waals surface area contributed by atoms with Crippen LogP contribution < -0.4 is 0 Å². The highest BCUT2D eigenvalue weighted by molar-refractivity contribution is 5.34. The Balaban J connectivity index is 1.85. The fourth-order valence-corrected chi connectivity index (χ4v) is 6.76. The van der Waals surface area contributed by atoms with Crippen LogP contribution in [-0.2, 0) is 0 Å². The van der Waals surface area contributed by atoms with Crippen LogP contribution in [0.2, 0.25) is 0 Å². The molecule has 1 spiro atoms. The van der Waals surface area contributed by atoms with E-state index in [1.54, 1.807) is 0 Å². The molecular formula is C20H30O4. The minimum atomic E-state index is -1.41. The number of fused-ring (bicyclic) bond motifs is 2. The van der Waals surface area contributed by atoms with Crippen molar-refractivity contribution in [2.75, 3.05) is 0 Å². The van der Waals surface area contributed by atoms with Crippen molar-refractivity contribution in [1.29, 1.82) is 0 Å². The highest BCUT2D eigenvalue weighted by atomic mass is 16.4. The number of aliphatic hydroxyl groups is 4. The van der Waals surface area contributed by atoms with Gasteiger partial charge in [0.1, 0.15) is 5.60 Å². The lowest BCUT2D eigenvalue weighted by Gasteiger charge is -2.46. The standard InChI is InChI=1S/C20H30O4/c1-10-8-19-9-16(22)20(24)14(7-15(21)18(20,3)4)11(2)13(19)6-5-12(10)17(19)23/h12-17,21-24H,1-2,5-9H2,3-4H3/t12-,13-,14-,15-,16-,17+,19+,20-/m0/s1. The maximum atomic E-state index is 11.6. The molecule has 4 fully saturated rings. The fraction of sp³-hybridized carbons (Fsp3) is 0.800. The Bertz CT molecular complexity index is 611. The van der Waals surface area contributed by atoms with Crippen LogP contribution in [0.25, 0.3) is 0 Å². The zero-order valence-electron chi connectivity index (χ0n) is 14.7. The predicted molar refractivity (Wildman–Crippen MR) is 91.0 cm³/mol.